The van der Waals surface area contributed by atoms with E-state index in [9.17, 15) is 22.8 Å². The number of anilines is 1. The van der Waals surface area contributed by atoms with Gasteiger partial charge >= 0.3 is 6.03 Å². The molecule has 164 valence electrons. The third kappa shape index (κ3) is 4.92. The Labute approximate surface area is 181 Å². The van der Waals surface area contributed by atoms with Crippen LogP contribution in [0.2, 0.25) is 0 Å². The van der Waals surface area contributed by atoms with E-state index in [0.717, 1.165) is 4.90 Å². The summed E-state index contributed by atoms with van der Waals surface area (Å²) in [4.78, 5) is 37.2. The molecule has 2 aromatic carbocycles. The van der Waals surface area contributed by atoms with E-state index in [1.165, 1.54) is 35.6 Å². The summed E-state index contributed by atoms with van der Waals surface area (Å²) in [5.41, 5.74) is 1.47. The van der Waals surface area contributed by atoms with Crippen molar-refractivity contribution in [1.29, 1.82) is 0 Å². The Hall–Kier alpha value is -3.24. The number of nitrogens with one attached hydrogen (secondary N) is 2. The lowest BCUT2D eigenvalue weighted by atomic mass is 10.1. The van der Waals surface area contributed by atoms with Crippen molar-refractivity contribution in [1.82, 2.24) is 14.5 Å². The van der Waals surface area contributed by atoms with E-state index in [1.54, 1.807) is 38.1 Å². The minimum atomic E-state index is -3.63. The fourth-order valence-corrected chi connectivity index (χ4v) is 4.34. The third-order valence-corrected chi connectivity index (χ3v) is 7.03. The number of hydrogen-bond acceptors (Lipinski definition) is 5. The molecule has 0 unspecified atom stereocenters. The van der Waals surface area contributed by atoms with Crippen molar-refractivity contribution >= 4 is 33.6 Å². The lowest BCUT2D eigenvalue weighted by Crippen LogP contribution is -2.33. The Kier molecular flexibility index (Phi) is 6.42. The molecule has 0 aromatic heterocycles. The fourth-order valence-electron chi connectivity index (χ4n) is 2.97. The Balaban J connectivity index is 1.71. The third-order valence-electron chi connectivity index (χ3n) is 4.98. The lowest BCUT2D eigenvalue weighted by Gasteiger charge is -2.21. The topological polar surface area (TPSA) is 116 Å². The van der Waals surface area contributed by atoms with Crippen LogP contribution in [0, 0.1) is 0 Å². The first-order chi connectivity index (χ1) is 14.6. The first-order valence-corrected chi connectivity index (χ1v) is 11.1. The molecule has 2 aromatic rings. The molecular formula is C21H24N4O5S. The van der Waals surface area contributed by atoms with Crippen LogP contribution in [0.1, 0.15) is 29.8 Å². The van der Waals surface area contributed by atoms with Crippen LogP contribution in [0.5, 0.6) is 0 Å². The van der Waals surface area contributed by atoms with Gasteiger partial charge in [0.1, 0.15) is 0 Å². The highest BCUT2D eigenvalue weighted by atomic mass is 32.2. The minimum Gasteiger partial charge on any atom is -0.329 e. The van der Waals surface area contributed by atoms with Gasteiger partial charge in [0, 0.05) is 24.3 Å². The summed E-state index contributed by atoms with van der Waals surface area (Å²) in [5, 5.41) is 5.20. The molecule has 0 aliphatic carbocycles. The highest BCUT2D eigenvalue weighted by Crippen LogP contribution is 2.19. The molecule has 0 spiro atoms. The van der Waals surface area contributed by atoms with E-state index in [1.807, 2.05) is 0 Å². The molecular weight excluding hydrogens is 420 g/mol. The van der Waals surface area contributed by atoms with E-state index in [4.69, 9.17) is 0 Å². The van der Waals surface area contributed by atoms with Crippen molar-refractivity contribution in [3.8, 4) is 0 Å². The number of nitrogens with zero attached hydrogens (tertiary/aromatic N) is 2. The number of urea groups is 1. The summed E-state index contributed by atoms with van der Waals surface area (Å²) in [6, 6.07) is 11.9. The average molecular weight is 445 g/mol. The zero-order chi connectivity index (χ0) is 22.8. The molecule has 4 amide bonds. The van der Waals surface area contributed by atoms with Gasteiger partial charge in [0.05, 0.1) is 18.0 Å². The van der Waals surface area contributed by atoms with E-state index < -0.39 is 22.0 Å². The first-order valence-electron chi connectivity index (χ1n) is 9.66. The number of carbonyl (C=O) groups excluding carboxylic acids is 3. The predicted octanol–water partition coefficient (Wildman–Crippen LogP) is 2.02. The van der Waals surface area contributed by atoms with E-state index in [2.05, 4.69) is 10.6 Å². The summed E-state index contributed by atoms with van der Waals surface area (Å²) >= 11 is 0. The zero-order valence-electron chi connectivity index (χ0n) is 17.5. The number of rotatable bonds is 7. The van der Waals surface area contributed by atoms with Crippen LogP contribution in [-0.4, -0.2) is 55.1 Å². The summed E-state index contributed by atoms with van der Waals surface area (Å²) in [5.74, 6) is -0.717. The quantitative estimate of drug-likeness (QED) is 0.634. The van der Waals surface area contributed by atoms with Crippen molar-refractivity contribution < 1.29 is 22.8 Å². The Bertz CT molecular complexity index is 1100. The van der Waals surface area contributed by atoms with Gasteiger partial charge in [0.2, 0.25) is 15.9 Å². The van der Waals surface area contributed by atoms with E-state index in [0.29, 0.717) is 16.8 Å². The number of hydrogen-bond donors (Lipinski definition) is 2. The maximum atomic E-state index is 12.6. The maximum Gasteiger partial charge on any atom is 0.324 e. The monoisotopic (exact) mass is 444 g/mol. The van der Waals surface area contributed by atoms with Crippen molar-refractivity contribution in [2.45, 2.75) is 31.3 Å². The number of imide groups is 1. The maximum absolute atomic E-state index is 12.6. The van der Waals surface area contributed by atoms with Crippen molar-refractivity contribution in [3.63, 3.8) is 0 Å². The number of amides is 4. The first kappa shape index (κ1) is 22.4. The molecule has 0 atom stereocenters. The molecule has 0 radical (unpaired) electrons. The number of benzene rings is 2. The molecule has 10 heteroatoms. The molecule has 0 saturated carbocycles. The second kappa shape index (κ2) is 8.86. The highest BCUT2D eigenvalue weighted by molar-refractivity contribution is 7.89. The molecule has 3 rings (SSSR count). The van der Waals surface area contributed by atoms with Gasteiger partial charge in [-0.3, -0.25) is 14.5 Å². The fraction of sp³-hybridized carbons (Fsp3) is 0.286. The minimum absolute atomic E-state index is 0.0199. The molecule has 1 aliphatic rings. The standard InChI is InChI=1S/C21H24N4O5S/c1-14(2)24(3)31(29,30)18-9-7-16(8-10-18)20(27)23-17-6-4-5-15(11-17)13-25-19(26)12-22-21(25)28/h4-11,14H,12-13H2,1-3H3,(H,22,28)(H,23,27). The van der Waals surface area contributed by atoms with E-state index >= 15 is 0 Å². The van der Waals surface area contributed by atoms with Crippen LogP contribution < -0.4 is 10.6 Å². The van der Waals surface area contributed by atoms with Crippen LogP contribution in [0.4, 0.5) is 10.5 Å². The predicted molar refractivity (Wildman–Crippen MR) is 115 cm³/mol. The van der Waals surface area contributed by atoms with Crippen LogP contribution in [0.3, 0.4) is 0 Å². The summed E-state index contributed by atoms with van der Waals surface area (Å²) in [6.45, 7) is 3.64. The van der Waals surface area contributed by atoms with Gasteiger partial charge in [-0.1, -0.05) is 12.1 Å². The second-order valence-corrected chi connectivity index (χ2v) is 9.43. The Morgan fingerprint density at radius 2 is 1.84 bits per heavy atom. The second-order valence-electron chi connectivity index (χ2n) is 7.43. The van der Waals surface area contributed by atoms with Gasteiger partial charge in [0.15, 0.2) is 0 Å². The molecule has 31 heavy (non-hydrogen) atoms. The molecule has 1 heterocycles. The molecule has 2 N–H and O–H groups in total. The van der Waals surface area contributed by atoms with E-state index in [-0.39, 0.29) is 29.9 Å². The van der Waals surface area contributed by atoms with Crippen LogP contribution in [-0.2, 0) is 21.4 Å². The van der Waals surface area contributed by atoms with Gasteiger partial charge in [-0.15, -0.1) is 0 Å². The summed E-state index contributed by atoms with van der Waals surface area (Å²) < 4.78 is 26.3. The Morgan fingerprint density at radius 3 is 2.42 bits per heavy atom. The summed E-state index contributed by atoms with van der Waals surface area (Å²) in [7, 11) is -2.12. The molecule has 1 fully saturated rings. The van der Waals surface area contributed by atoms with Gasteiger partial charge < -0.3 is 10.6 Å². The van der Waals surface area contributed by atoms with Gasteiger partial charge in [0.25, 0.3) is 5.91 Å². The number of carbonyl (C=O) groups is 3. The lowest BCUT2D eigenvalue weighted by molar-refractivity contribution is -0.125. The van der Waals surface area contributed by atoms with Gasteiger partial charge in [-0.25, -0.2) is 13.2 Å². The normalized spacial score (nSPS) is 14.3. The molecule has 9 nitrogen and oxygen atoms in total. The SMILES string of the molecule is CC(C)N(C)S(=O)(=O)c1ccc(C(=O)Nc2cccc(CN3C(=O)CNC3=O)c2)cc1. The van der Waals surface area contributed by atoms with Gasteiger partial charge in [-0.05, 0) is 55.8 Å². The van der Waals surface area contributed by atoms with Crippen LogP contribution in [0.15, 0.2) is 53.4 Å². The Morgan fingerprint density at radius 1 is 1.16 bits per heavy atom. The largest absolute Gasteiger partial charge is 0.329 e. The number of sulfonamides is 1. The molecule has 1 aliphatic heterocycles. The van der Waals surface area contributed by atoms with Crippen molar-refractivity contribution in [2.75, 3.05) is 18.9 Å². The van der Waals surface area contributed by atoms with Crippen molar-refractivity contribution in [2.24, 2.45) is 0 Å². The average Bonchev–Trinajstić information content (AvgIpc) is 3.05. The summed E-state index contributed by atoms with van der Waals surface area (Å²) in [6.07, 6.45) is 0. The van der Waals surface area contributed by atoms with Crippen LogP contribution in [0.25, 0.3) is 0 Å². The smallest absolute Gasteiger partial charge is 0.324 e. The van der Waals surface area contributed by atoms with Crippen LogP contribution >= 0.6 is 0 Å². The molecule has 1 saturated heterocycles. The van der Waals surface area contributed by atoms with Crippen molar-refractivity contribution in [3.05, 3.63) is 59.7 Å². The highest BCUT2D eigenvalue weighted by Gasteiger charge is 2.28. The van der Waals surface area contributed by atoms with Gasteiger partial charge in [-0.2, -0.15) is 4.31 Å². The zero-order valence-corrected chi connectivity index (χ0v) is 18.3. The molecule has 0 bridgehead atoms.